The number of benzene rings is 2. The molecule has 0 spiro atoms. The van der Waals surface area contributed by atoms with Crippen molar-refractivity contribution < 1.29 is 14.3 Å². The van der Waals surface area contributed by atoms with E-state index in [-0.39, 0.29) is 11.9 Å². The third-order valence-electron chi connectivity index (χ3n) is 5.83. The van der Waals surface area contributed by atoms with Crippen LogP contribution in [0.2, 0.25) is 0 Å². The van der Waals surface area contributed by atoms with Crippen LogP contribution >= 0.6 is 0 Å². The number of hydrogen-bond acceptors (Lipinski definition) is 4. The second-order valence-corrected chi connectivity index (χ2v) is 7.80. The van der Waals surface area contributed by atoms with E-state index in [4.69, 9.17) is 14.5 Å². The molecule has 0 unspecified atom stereocenters. The summed E-state index contributed by atoms with van der Waals surface area (Å²) in [6, 6.07) is 15.5. The van der Waals surface area contributed by atoms with Crippen molar-refractivity contribution in [3.63, 3.8) is 0 Å². The minimum atomic E-state index is -0.0383. The van der Waals surface area contributed by atoms with Crippen LogP contribution in [0.4, 0.5) is 0 Å². The van der Waals surface area contributed by atoms with Gasteiger partial charge in [-0.15, -0.1) is 0 Å². The summed E-state index contributed by atoms with van der Waals surface area (Å²) in [5, 5.41) is 4.13. The highest BCUT2D eigenvalue weighted by molar-refractivity contribution is 6.07. The fourth-order valence-corrected chi connectivity index (χ4v) is 4.20. The fraction of sp³-hybridized carbons (Fsp3) is 0.360. The van der Waals surface area contributed by atoms with E-state index in [0.717, 1.165) is 29.3 Å². The predicted octanol–water partition coefficient (Wildman–Crippen LogP) is 5.37. The van der Waals surface area contributed by atoms with Gasteiger partial charge in [0.25, 0.3) is 5.91 Å². The summed E-state index contributed by atoms with van der Waals surface area (Å²) in [6.07, 6.45) is 6.95. The molecule has 1 aromatic heterocycles. The Bertz CT molecular complexity index is 1040. The minimum Gasteiger partial charge on any atom is -0.497 e. The number of aromatic nitrogens is 1. The first-order chi connectivity index (χ1) is 14.7. The summed E-state index contributed by atoms with van der Waals surface area (Å²) in [7, 11) is 3.26. The second kappa shape index (κ2) is 9.16. The number of ether oxygens (including phenoxy) is 2. The van der Waals surface area contributed by atoms with Crippen molar-refractivity contribution in [2.24, 2.45) is 0 Å². The van der Waals surface area contributed by atoms with E-state index >= 15 is 0 Å². The van der Waals surface area contributed by atoms with Gasteiger partial charge in [0.1, 0.15) is 11.5 Å². The van der Waals surface area contributed by atoms with Gasteiger partial charge in [-0.2, -0.15) is 0 Å². The van der Waals surface area contributed by atoms with Gasteiger partial charge >= 0.3 is 0 Å². The SMILES string of the molecule is COc1ccc(OC)c(-c2cc(C(=O)NC3CCCCCC3)c3ccccc3n2)c1. The molecule has 0 atom stereocenters. The number of nitrogens with one attached hydrogen (secondary N) is 1. The van der Waals surface area contributed by atoms with Gasteiger partial charge in [0.2, 0.25) is 0 Å². The van der Waals surface area contributed by atoms with Gasteiger partial charge < -0.3 is 14.8 Å². The molecule has 0 aliphatic heterocycles. The lowest BCUT2D eigenvalue weighted by Gasteiger charge is -2.18. The van der Waals surface area contributed by atoms with Crippen molar-refractivity contribution in [3.8, 4) is 22.8 Å². The summed E-state index contributed by atoms with van der Waals surface area (Å²) in [5.41, 5.74) is 2.91. The topological polar surface area (TPSA) is 60.5 Å². The number of para-hydroxylation sites is 1. The molecule has 0 saturated heterocycles. The number of hydrogen-bond donors (Lipinski definition) is 1. The van der Waals surface area contributed by atoms with Crippen LogP contribution in [0, 0.1) is 0 Å². The Hall–Kier alpha value is -3.08. The molecule has 0 radical (unpaired) electrons. The number of carbonyl (C=O) groups is 1. The van der Waals surface area contributed by atoms with E-state index in [2.05, 4.69) is 5.32 Å². The average Bonchev–Trinajstić information content (AvgIpc) is 3.06. The molecule has 1 aliphatic carbocycles. The maximum Gasteiger partial charge on any atom is 0.252 e. The molecule has 5 nitrogen and oxygen atoms in total. The highest BCUT2D eigenvalue weighted by Crippen LogP contribution is 2.34. The average molecular weight is 405 g/mol. The molecule has 156 valence electrons. The minimum absolute atomic E-state index is 0.0383. The molecule has 0 bridgehead atoms. The third kappa shape index (κ3) is 4.25. The van der Waals surface area contributed by atoms with Gasteiger partial charge in [-0.25, -0.2) is 4.98 Å². The number of pyridine rings is 1. The highest BCUT2D eigenvalue weighted by atomic mass is 16.5. The van der Waals surface area contributed by atoms with Gasteiger partial charge in [0, 0.05) is 17.0 Å². The highest BCUT2D eigenvalue weighted by Gasteiger charge is 2.20. The van der Waals surface area contributed by atoms with Gasteiger partial charge in [-0.05, 0) is 43.2 Å². The number of rotatable bonds is 5. The van der Waals surface area contributed by atoms with Crippen LogP contribution in [-0.4, -0.2) is 31.2 Å². The smallest absolute Gasteiger partial charge is 0.252 e. The van der Waals surface area contributed by atoms with Crippen molar-refractivity contribution in [2.45, 2.75) is 44.6 Å². The van der Waals surface area contributed by atoms with E-state index < -0.39 is 0 Å². The molecule has 1 aliphatic rings. The summed E-state index contributed by atoms with van der Waals surface area (Å²) in [6.45, 7) is 0. The number of nitrogens with zero attached hydrogens (tertiary/aromatic N) is 1. The molecule has 1 saturated carbocycles. The summed E-state index contributed by atoms with van der Waals surface area (Å²) in [4.78, 5) is 18.1. The van der Waals surface area contributed by atoms with Gasteiger partial charge in [0.05, 0.1) is 31.0 Å². The van der Waals surface area contributed by atoms with Crippen LogP contribution < -0.4 is 14.8 Å². The predicted molar refractivity (Wildman–Crippen MR) is 119 cm³/mol. The van der Waals surface area contributed by atoms with Crippen LogP contribution in [0.15, 0.2) is 48.5 Å². The van der Waals surface area contributed by atoms with E-state index in [9.17, 15) is 4.79 Å². The van der Waals surface area contributed by atoms with Crippen LogP contribution in [0.5, 0.6) is 11.5 Å². The Balaban J connectivity index is 1.77. The lowest BCUT2D eigenvalue weighted by molar-refractivity contribution is 0.0935. The lowest BCUT2D eigenvalue weighted by Crippen LogP contribution is -2.34. The molecular formula is C25H28N2O3. The van der Waals surface area contributed by atoms with E-state index in [1.807, 2.05) is 48.5 Å². The zero-order valence-electron chi connectivity index (χ0n) is 17.6. The molecule has 3 aromatic rings. The standard InChI is InChI=1S/C25H28N2O3/c1-29-18-13-14-24(30-2)21(15-18)23-16-20(19-11-7-8-12-22(19)27-23)25(28)26-17-9-5-3-4-6-10-17/h7-8,11-17H,3-6,9-10H2,1-2H3,(H,26,28). The summed E-state index contributed by atoms with van der Waals surface area (Å²) >= 11 is 0. The van der Waals surface area contributed by atoms with E-state index in [1.165, 1.54) is 25.7 Å². The van der Waals surface area contributed by atoms with Crippen molar-refractivity contribution >= 4 is 16.8 Å². The van der Waals surface area contributed by atoms with Crippen molar-refractivity contribution in [1.82, 2.24) is 10.3 Å². The fourth-order valence-electron chi connectivity index (χ4n) is 4.20. The Kier molecular flexibility index (Phi) is 6.17. The maximum absolute atomic E-state index is 13.3. The molecule has 1 fully saturated rings. The van der Waals surface area contributed by atoms with E-state index in [0.29, 0.717) is 22.8 Å². The van der Waals surface area contributed by atoms with Gasteiger partial charge in [-0.1, -0.05) is 43.9 Å². The molecule has 1 amide bonds. The third-order valence-corrected chi connectivity index (χ3v) is 5.83. The monoisotopic (exact) mass is 404 g/mol. The Morgan fingerprint density at radius 1 is 0.967 bits per heavy atom. The van der Waals surface area contributed by atoms with Crippen LogP contribution in [0.25, 0.3) is 22.2 Å². The Labute approximate surface area is 177 Å². The number of amides is 1. The number of fused-ring (bicyclic) bond motifs is 1. The van der Waals surface area contributed by atoms with Crippen molar-refractivity contribution in [2.75, 3.05) is 14.2 Å². The van der Waals surface area contributed by atoms with Gasteiger partial charge in [0.15, 0.2) is 0 Å². The van der Waals surface area contributed by atoms with Gasteiger partial charge in [-0.3, -0.25) is 4.79 Å². The molecule has 1 N–H and O–H groups in total. The molecule has 5 heteroatoms. The number of carbonyl (C=O) groups excluding carboxylic acids is 1. The summed E-state index contributed by atoms with van der Waals surface area (Å²) in [5.74, 6) is 1.36. The lowest BCUT2D eigenvalue weighted by atomic mass is 10.0. The normalized spacial score (nSPS) is 14.9. The summed E-state index contributed by atoms with van der Waals surface area (Å²) < 4.78 is 10.9. The quantitative estimate of drug-likeness (QED) is 0.581. The largest absolute Gasteiger partial charge is 0.497 e. The van der Waals surface area contributed by atoms with Crippen LogP contribution in [-0.2, 0) is 0 Å². The maximum atomic E-state index is 13.3. The Morgan fingerprint density at radius 2 is 1.73 bits per heavy atom. The molecule has 4 rings (SSSR count). The molecule has 30 heavy (non-hydrogen) atoms. The Morgan fingerprint density at radius 3 is 2.47 bits per heavy atom. The molecule has 2 aromatic carbocycles. The van der Waals surface area contributed by atoms with Crippen LogP contribution in [0.1, 0.15) is 48.9 Å². The second-order valence-electron chi connectivity index (χ2n) is 7.80. The number of methoxy groups -OCH3 is 2. The van der Waals surface area contributed by atoms with Crippen LogP contribution in [0.3, 0.4) is 0 Å². The van der Waals surface area contributed by atoms with E-state index in [1.54, 1.807) is 14.2 Å². The van der Waals surface area contributed by atoms with Crippen molar-refractivity contribution in [1.29, 1.82) is 0 Å². The molecular weight excluding hydrogens is 376 g/mol. The van der Waals surface area contributed by atoms with Crippen molar-refractivity contribution in [3.05, 3.63) is 54.1 Å². The first-order valence-corrected chi connectivity index (χ1v) is 10.6. The first kappa shape index (κ1) is 20.2. The zero-order chi connectivity index (χ0) is 20.9. The molecule has 1 heterocycles. The zero-order valence-corrected chi connectivity index (χ0v) is 17.6. The first-order valence-electron chi connectivity index (χ1n) is 10.6.